The van der Waals surface area contributed by atoms with E-state index < -0.39 is 18.4 Å². The van der Waals surface area contributed by atoms with Crippen LogP contribution >= 0.6 is 11.8 Å². The van der Waals surface area contributed by atoms with Crippen LogP contribution in [0.2, 0.25) is 0 Å². The number of carbonyl (C=O) groups excluding carboxylic acids is 1. The minimum Gasteiger partial charge on any atom is -0.507 e. The molecular formula is C16H13FN4O4S. The Morgan fingerprint density at radius 2 is 2.00 bits per heavy atom. The summed E-state index contributed by atoms with van der Waals surface area (Å²) in [6.07, 6.45) is 1.23. The Labute approximate surface area is 150 Å². The number of hydrogen-bond acceptors (Lipinski definition) is 6. The number of fused-ring (bicyclic) bond motifs is 1. The van der Waals surface area contributed by atoms with E-state index in [-0.39, 0.29) is 22.8 Å². The molecule has 0 radical (unpaired) electrons. The van der Waals surface area contributed by atoms with Gasteiger partial charge in [-0.1, -0.05) is 12.1 Å². The van der Waals surface area contributed by atoms with E-state index in [2.05, 4.69) is 15.4 Å². The number of aromatic nitrogens is 3. The molecule has 10 heteroatoms. The second-order valence-electron chi connectivity index (χ2n) is 5.23. The second kappa shape index (κ2) is 7.40. The van der Waals surface area contributed by atoms with Crippen molar-refractivity contribution in [2.75, 3.05) is 6.54 Å². The third kappa shape index (κ3) is 3.75. The zero-order chi connectivity index (χ0) is 18.7. The Bertz CT molecular complexity index is 974. The number of benzene rings is 1. The van der Waals surface area contributed by atoms with Crippen molar-refractivity contribution in [2.45, 2.75) is 10.8 Å². The van der Waals surface area contributed by atoms with Crippen LogP contribution in [0.15, 0.2) is 41.7 Å². The SMILES string of the molecule is O=C(O)CNC(=O)c1c(O)cc(SCc2ccc(F)cc2)n2ncnc12. The van der Waals surface area contributed by atoms with Gasteiger partial charge in [-0.15, -0.1) is 11.8 Å². The standard InChI is InChI=1S/C16H13FN4O4S/c17-10-3-1-9(2-4-10)7-26-12-5-11(22)14(15-19-8-20-21(12)15)16(25)18-6-13(23)24/h1-5,8,22H,6-7H2,(H,18,25)(H,23,24). The van der Waals surface area contributed by atoms with Crippen LogP contribution in [0, 0.1) is 5.82 Å². The van der Waals surface area contributed by atoms with Crippen LogP contribution in [-0.2, 0) is 10.5 Å². The number of hydrogen-bond donors (Lipinski definition) is 3. The fraction of sp³-hybridized carbons (Fsp3) is 0.125. The summed E-state index contributed by atoms with van der Waals surface area (Å²) in [5.41, 5.74) is 0.816. The average Bonchev–Trinajstić information content (AvgIpc) is 3.08. The largest absolute Gasteiger partial charge is 0.507 e. The average molecular weight is 376 g/mol. The first-order valence-electron chi connectivity index (χ1n) is 7.38. The maximum Gasteiger partial charge on any atom is 0.322 e. The van der Waals surface area contributed by atoms with Crippen LogP contribution in [0.1, 0.15) is 15.9 Å². The minimum atomic E-state index is -1.21. The number of halogens is 1. The van der Waals surface area contributed by atoms with Gasteiger partial charge in [0.15, 0.2) is 5.65 Å². The van der Waals surface area contributed by atoms with E-state index in [0.29, 0.717) is 10.8 Å². The maximum atomic E-state index is 13.0. The van der Waals surface area contributed by atoms with Crippen LogP contribution in [0.4, 0.5) is 4.39 Å². The van der Waals surface area contributed by atoms with Crippen LogP contribution in [0.3, 0.4) is 0 Å². The van der Waals surface area contributed by atoms with Gasteiger partial charge in [0.2, 0.25) is 0 Å². The van der Waals surface area contributed by atoms with Gasteiger partial charge < -0.3 is 15.5 Å². The molecule has 134 valence electrons. The predicted molar refractivity (Wildman–Crippen MR) is 90.6 cm³/mol. The van der Waals surface area contributed by atoms with Crippen molar-refractivity contribution in [3.8, 4) is 5.75 Å². The number of aromatic hydroxyl groups is 1. The molecular weight excluding hydrogens is 363 g/mol. The zero-order valence-electron chi connectivity index (χ0n) is 13.2. The number of rotatable bonds is 6. The fourth-order valence-electron chi connectivity index (χ4n) is 2.24. The summed E-state index contributed by atoms with van der Waals surface area (Å²) in [7, 11) is 0. The molecule has 1 aromatic carbocycles. The molecule has 0 bridgehead atoms. The molecule has 0 aliphatic rings. The van der Waals surface area contributed by atoms with Gasteiger partial charge >= 0.3 is 5.97 Å². The van der Waals surface area contributed by atoms with E-state index in [4.69, 9.17) is 5.11 Å². The molecule has 0 atom stereocenters. The Kier molecular flexibility index (Phi) is 5.03. The number of nitrogens with one attached hydrogen (secondary N) is 1. The van der Waals surface area contributed by atoms with Gasteiger partial charge in [0.1, 0.15) is 35.0 Å². The fourth-order valence-corrected chi connectivity index (χ4v) is 3.20. The lowest BCUT2D eigenvalue weighted by Crippen LogP contribution is -2.29. The van der Waals surface area contributed by atoms with E-state index in [9.17, 15) is 19.1 Å². The lowest BCUT2D eigenvalue weighted by molar-refractivity contribution is -0.135. The first-order valence-corrected chi connectivity index (χ1v) is 8.37. The van der Waals surface area contributed by atoms with Crippen molar-refractivity contribution in [1.29, 1.82) is 0 Å². The Morgan fingerprint density at radius 3 is 2.69 bits per heavy atom. The topological polar surface area (TPSA) is 117 Å². The lowest BCUT2D eigenvalue weighted by Gasteiger charge is -2.10. The number of carboxylic acids is 1. The van der Waals surface area contributed by atoms with Gasteiger partial charge in [-0.25, -0.2) is 13.9 Å². The van der Waals surface area contributed by atoms with Crippen molar-refractivity contribution in [1.82, 2.24) is 19.9 Å². The highest BCUT2D eigenvalue weighted by molar-refractivity contribution is 7.98. The molecule has 0 unspecified atom stereocenters. The van der Waals surface area contributed by atoms with Gasteiger partial charge in [0.25, 0.3) is 5.91 Å². The molecule has 8 nitrogen and oxygen atoms in total. The third-order valence-corrected chi connectivity index (χ3v) is 4.49. The predicted octanol–water partition coefficient (Wildman–Crippen LogP) is 1.68. The molecule has 3 rings (SSSR count). The van der Waals surface area contributed by atoms with Crippen molar-refractivity contribution in [3.63, 3.8) is 0 Å². The van der Waals surface area contributed by atoms with Crippen LogP contribution in [0.5, 0.6) is 5.75 Å². The minimum absolute atomic E-state index is 0.106. The lowest BCUT2D eigenvalue weighted by atomic mass is 10.2. The van der Waals surface area contributed by atoms with Gasteiger partial charge in [0.05, 0.1) is 0 Å². The maximum absolute atomic E-state index is 13.0. The molecule has 3 aromatic rings. The van der Waals surface area contributed by atoms with Gasteiger partial charge in [0, 0.05) is 11.8 Å². The number of amides is 1. The molecule has 0 saturated carbocycles. The molecule has 1 amide bonds. The monoisotopic (exact) mass is 376 g/mol. The molecule has 26 heavy (non-hydrogen) atoms. The summed E-state index contributed by atoms with van der Waals surface area (Å²) in [4.78, 5) is 26.7. The summed E-state index contributed by atoms with van der Waals surface area (Å²) in [5.74, 6) is -2.15. The molecule has 0 aliphatic carbocycles. The van der Waals surface area contributed by atoms with Crippen molar-refractivity contribution in [2.24, 2.45) is 0 Å². The van der Waals surface area contributed by atoms with Crippen LogP contribution < -0.4 is 5.32 Å². The summed E-state index contributed by atoms with van der Waals surface area (Å²) in [6, 6.07) is 7.36. The molecule has 2 heterocycles. The Morgan fingerprint density at radius 1 is 1.27 bits per heavy atom. The van der Waals surface area contributed by atoms with E-state index in [1.165, 1.54) is 40.8 Å². The van der Waals surface area contributed by atoms with Crippen molar-refractivity contribution >= 4 is 29.3 Å². The normalized spacial score (nSPS) is 10.8. The Hall–Kier alpha value is -3.14. The smallest absolute Gasteiger partial charge is 0.322 e. The molecule has 2 aromatic heterocycles. The number of carboxylic acid groups (broad SMARTS) is 1. The van der Waals surface area contributed by atoms with Crippen LogP contribution in [0.25, 0.3) is 5.65 Å². The van der Waals surface area contributed by atoms with Gasteiger partial charge in [-0.3, -0.25) is 9.59 Å². The zero-order valence-corrected chi connectivity index (χ0v) is 14.0. The van der Waals surface area contributed by atoms with Gasteiger partial charge in [-0.05, 0) is 17.7 Å². The molecule has 0 spiro atoms. The second-order valence-corrected chi connectivity index (χ2v) is 6.23. The number of carbonyl (C=O) groups is 2. The molecule has 0 aliphatic heterocycles. The van der Waals surface area contributed by atoms with Gasteiger partial charge in [-0.2, -0.15) is 5.10 Å². The number of pyridine rings is 1. The molecule has 0 fully saturated rings. The third-order valence-electron chi connectivity index (χ3n) is 3.42. The Balaban J connectivity index is 1.87. The highest BCUT2D eigenvalue weighted by Crippen LogP contribution is 2.30. The summed E-state index contributed by atoms with van der Waals surface area (Å²) >= 11 is 1.32. The van der Waals surface area contributed by atoms with Crippen LogP contribution in [-0.4, -0.2) is 43.2 Å². The summed E-state index contributed by atoms with van der Waals surface area (Å²) in [6.45, 7) is -0.584. The van der Waals surface area contributed by atoms with E-state index in [0.717, 1.165) is 5.56 Å². The summed E-state index contributed by atoms with van der Waals surface area (Å²) < 4.78 is 14.3. The highest BCUT2D eigenvalue weighted by Gasteiger charge is 2.21. The quantitative estimate of drug-likeness (QED) is 0.560. The van der Waals surface area contributed by atoms with E-state index in [1.54, 1.807) is 12.1 Å². The number of thioether (sulfide) groups is 1. The van der Waals surface area contributed by atoms with Crippen molar-refractivity contribution < 1.29 is 24.2 Å². The van der Waals surface area contributed by atoms with E-state index in [1.807, 2.05) is 0 Å². The van der Waals surface area contributed by atoms with Crippen molar-refractivity contribution in [3.05, 3.63) is 53.6 Å². The first-order chi connectivity index (χ1) is 12.5. The molecule has 0 saturated heterocycles. The molecule has 3 N–H and O–H groups in total. The van der Waals surface area contributed by atoms with E-state index >= 15 is 0 Å². The highest BCUT2D eigenvalue weighted by atomic mass is 32.2. The first kappa shape index (κ1) is 17.7. The summed E-state index contributed by atoms with van der Waals surface area (Å²) in [5, 5.41) is 25.6. The number of nitrogens with zero attached hydrogens (tertiary/aromatic N) is 3. The number of aliphatic carboxylic acids is 1.